The van der Waals surface area contributed by atoms with Crippen molar-refractivity contribution < 1.29 is 20.2 Å². The lowest BCUT2D eigenvalue weighted by atomic mass is 10.0. The van der Waals surface area contributed by atoms with E-state index >= 15 is 0 Å². The van der Waals surface area contributed by atoms with Crippen molar-refractivity contribution in [1.29, 1.82) is 0 Å². The fourth-order valence-corrected chi connectivity index (χ4v) is 3.39. The Labute approximate surface area is 189 Å². The van der Waals surface area contributed by atoms with Gasteiger partial charge in [-0.25, -0.2) is 0 Å². The van der Waals surface area contributed by atoms with Gasteiger partial charge in [0.2, 0.25) is 5.91 Å². The Morgan fingerprint density at radius 3 is 1.58 bits per heavy atom. The molecule has 0 atom stereocenters. The molecule has 0 spiro atoms. The van der Waals surface area contributed by atoms with Crippen molar-refractivity contribution in [2.45, 2.75) is 116 Å². The average molecular weight is 448 g/mol. The molecule has 0 aromatic rings. The molecule has 8 nitrogen and oxygen atoms in total. The minimum absolute atomic E-state index is 0.172. The second-order valence-electron chi connectivity index (χ2n) is 8.11. The number of aliphatic hydroxyl groups is 1. The van der Waals surface area contributed by atoms with E-state index in [1.54, 1.807) is 0 Å². The Balaban J connectivity index is 0. The molecule has 0 saturated carbocycles. The molecule has 0 aliphatic rings. The summed E-state index contributed by atoms with van der Waals surface area (Å²) in [6.45, 7) is 4.66. The predicted octanol–water partition coefficient (Wildman–Crippen LogP) is 4.99. The topological polar surface area (TPSA) is 125 Å². The summed E-state index contributed by atoms with van der Waals surface area (Å²) >= 11 is 0. The smallest absolute Gasteiger partial charge is 0.291 e. The highest BCUT2D eigenvalue weighted by Gasteiger charge is 2.00. The molecular weight excluding hydrogens is 398 g/mol. The molecule has 31 heavy (non-hydrogen) atoms. The molecule has 0 heterocycles. The van der Waals surface area contributed by atoms with Crippen LogP contribution in [0.25, 0.3) is 0 Å². The summed E-state index contributed by atoms with van der Waals surface area (Å²) in [6.07, 6.45) is 21.9. The van der Waals surface area contributed by atoms with E-state index < -0.39 is 5.09 Å². The normalized spacial score (nSPS) is 10.4. The first kappa shape index (κ1) is 31.8. The van der Waals surface area contributed by atoms with Crippen LogP contribution in [-0.2, 0) is 4.79 Å². The van der Waals surface area contributed by atoms with E-state index in [-0.39, 0.29) is 12.5 Å². The molecule has 0 aliphatic heterocycles. The van der Waals surface area contributed by atoms with Gasteiger partial charge in [-0.2, -0.15) is 0 Å². The molecule has 0 unspecified atom stereocenters. The highest BCUT2D eigenvalue weighted by molar-refractivity contribution is 5.75. The summed E-state index contributed by atoms with van der Waals surface area (Å²) < 4.78 is 0. The van der Waals surface area contributed by atoms with Crippen molar-refractivity contribution in [3.8, 4) is 0 Å². The van der Waals surface area contributed by atoms with Gasteiger partial charge in [-0.05, 0) is 19.4 Å². The molecule has 0 aromatic heterocycles. The first-order valence-corrected chi connectivity index (χ1v) is 12.5. The first-order chi connectivity index (χ1) is 15.0. The Hall–Kier alpha value is -1.41. The van der Waals surface area contributed by atoms with Crippen molar-refractivity contribution in [3.05, 3.63) is 10.1 Å². The van der Waals surface area contributed by atoms with E-state index in [2.05, 4.69) is 17.6 Å². The largest absolute Gasteiger partial charge is 0.395 e. The Kier molecular flexibility index (Phi) is 29.3. The van der Waals surface area contributed by atoms with Gasteiger partial charge in [-0.15, -0.1) is 10.1 Å². The molecule has 0 bridgehead atoms. The zero-order valence-corrected chi connectivity index (χ0v) is 19.9. The molecule has 0 radical (unpaired) electrons. The number of aliphatic hydroxyl groups excluding tert-OH is 1. The van der Waals surface area contributed by atoms with Crippen LogP contribution in [0.15, 0.2) is 0 Å². The Bertz CT molecular complexity index is 380. The van der Waals surface area contributed by atoms with Gasteiger partial charge < -0.3 is 20.9 Å². The van der Waals surface area contributed by atoms with Crippen molar-refractivity contribution in [1.82, 2.24) is 10.6 Å². The minimum Gasteiger partial charge on any atom is -0.395 e. The van der Waals surface area contributed by atoms with Gasteiger partial charge in [0.1, 0.15) is 0 Å². The number of nitrogens with zero attached hydrogens (tertiary/aromatic N) is 1. The molecule has 0 rings (SSSR count). The van der Waals surface area contributed by atoms with Crippen LogP contribution in [0.3, 0.4) is 0 Å². The molecule has 0 saturated heterocycles. The summed E-state index contributed by atoms with van der Waals surface area (Å²) in [6, 6.07) is 0. The lowest BCUT2D eigenvalue weighted by Gasteiger charge is -2.06. The third-order valence-electron chi connectivity index (χ3n) is 5.15. The third kappa shape index (κ3) is 36.3. The van der Waals surface area contributed by atoms with Crippen LogP contribution < -0.4 is 10.6 Å². The number of carbonyl (C=O) groups is 1. The summed E-state index contributed by atoms with van der Waals surface area (Å²) in [4.78, 5) is 20.1. The molecule has 0 aliphatic carbocycles. The number of rotatable bonds is 22. The fraction of sp³-hybridized carbons (Fsp3) is 0.957. The van der Waals surface area contributed by atoms with Gasteiger partial charge in [0.05, 0.1) is 6.61 Å². The van der Waals surface area contributed by atoms with Crippen molar-refractivity contribution in [2.75, 3.05) is 26.2 Å². The van der Waals surface area contributed by atoms with Crippen LogP contribution in [0.2, 0.25) is 0 Å². The molecule has 8 heteroatoms. The monoisotopic (exact) mass is 447 g/mol. The Morgan fingerprint density at radius 1 is 0.742 bits per heavy atom. The first-order valence-electron chi connectivity index (χ1n) is 12.5. The van der Waals surface area contributed by atoms with E-state index in [1.807, 2.05) is 0 Å². The average Bonchev–Trinajstić information content (AvgIpc) is 2.73. The van der Waals surface area contributed by atoms with E-state index in [4.69, 9.17) is 20.4 Å². The maximum Gasteiger partial charge on any atom is 0.291 e. The van der Waals surface area contributed by atoms with E-state index in [0.29, 0.717) is 13.0 Å². The number of nitrogens with one attached hydrogen (secondary N) is 2. The van der Waals surface area contributed by atoms with Crippen LogP contribution in [0, 0.1) is 10.1 Å². The van der Waals surface area contributed by atoms with Gasteiger partial charge >= 0.3 is 0 Å². The van der Waals surface area contributed by atoms with Crippen LogP contribution in [0.5, 0.6) is 0 Å². The molecule has 4 N–H and O–H groups in total. The van der Waals surface area contributed by atoms with Crippen LogP contribution in [-0.4, -0.2) is 47.5 Å². The highest BCUT2D eigenvalue weighted by atomic mass is 16.9. The van der Waals surface area contributed by atoms with E-state index in [9.17, 15) is 4.79 Å². The number of unbranched alkanes of at least 4 members (excludes halogenated alkanes) is 14. The second-order valence-corrected chi connectivity index (χ2v) is 8.11. The second kappa shape index (κ2) is 28.6. The van der Waals surface area contributed by atoms with Gasteiger partial charge in [0.25, 0.3) is 5.09 Å². The molecule has 0 aromatic carbocycles. The summed E-state index contributed by atoms with van der Waals surface area (Å²) in [5.41, 5.74) is 0. The standard InChI is InChI=1S/C23H48N2O2.HNO3/c1-2-3-4-5-6-7-8-9-10-11-12-13-14-15-16-18-23(27)25-20-17-19-24-21-22-26;2-1(3)4/h24,26H,2-22H2,1H3,(H,25,27);(H,2,3,4). The van der Waals surface area contributed by atoms with Crippen LogP contribution in [0.1, 0.15) is 116 Å². The summed E-state index contributed by atoms with van der Waals surface area (Å²) in [5, 5.41) is 28.4. The van der Waals surface area contributed by atoms with Gasteiger partial charge in [0, 0.05) is 19.5 Å². The number of amides is 1. The van der Waals surface area contributed by atoms with Crippen molar-refractivity contribution >= 4 is 5.91 Å². The van der Waals surface area contributed by atoms with E-state index in [1.165, 1.54) is 89.9 Å². The van der Waals surface area contributed by atoms with Crippen LogP contribution in [0.4, 0.5) is 0 Å². The molecular formula is C23H49N3O5. The van der Waals surface area contributed by atoms with Crippen molar-refractivity contribution in [2.24, 2.45) is 0 Å². The van der Waals surface area contributed by atoms with Crippen LogP contribution >= 0.6 is 0 Å². The summed E-state index contributed by atoms with van der Waals surface area (Å²) in [7, 11) is 0. The van der Waals surface area contributed by atoms with Gasteiger partial charge in [-0.1, -0.05) is 96.8 Å². The van der Waals surface area contributed by atoms with E-state index in [0.717, 1.165) is 25.9 Å². The number of hydrogen-bond acceptors (Lipinski definition) is 5. The fourth-order valence-electron chi connectivity index (χ4n) is 3.39. The quantitative estimate of drug-likeness (QED) is 0.105. The third-order valence-corrected chi connectivity index (χ3v) is 5.15. The predicted molar refractivity (Wildman–Crippen MR) is 126 cm³/mol. The number of carbonyl (C=O) groups excluding carboxylic acids is 1. The molecule has 1 amide bonds. The maximum absolute atomic E-state index is 11.7. The molecule has 0 fully saturated rings. The summed E-state index contributed by atoms with van der Waals surface area (Å²) in [5.74, 6) is 0.187. The van der Waals surface area contributed by atoms with Gasteiger partial charge in [-0.3, -0.25) is 4.79 Å². The van der Waals surface area contributed by atoms with Gasteiger partial charge in [0.15, 0.2) is 0 Å². The zero-order valence-electron chi connectivity index (χ0n) is 19.9. The zero-order chi connectivity index (χ0) is 23.4. The highest BCUT2D eigenvalue weighted by Crippen LogP contribution is 2.13. The SMILES string of the molecule is CCCCCCCCCCCCCCCCCC(=O)NCCCNCCO.O=[N+]([O-])O. The number of hydrogen-bond donors (Lipinski definition) is 4. The van der Waals surface area contributed by atoms with Crippen molar-refractivity contribution in [3.63, 3.8) is 0 Å². The Morgan fingerprint density at radius 2 is 1.16 bits per heavy atom. The lowest BCUT2D eigenvalue weighted by Crippen LogP contribution is -2.27. The minimum atomic E-state index is -1.50. The molecule has 186 valence electrons. The lowest BCUT2D eigenvalue weighted by molar-refractivity contribution is -0.742. The maximum atomic E-state index is 11.7.